The quantitative estimate of drug-likeness (QED) is 0.379. The maximum atomic E-state index is 6.55. The predicted molar refractivity (Wildman–Crippen MR) is 124 cm³/mol. The van der Waals surface area contributed by atoms with Gasteiger partial charge in [-0.2, -0.15) is 0 Å². The summed E-state index contributed by atoms with van der Waals surface area (Å²) in [4.78, 5) is 7.84. The third-order valence-corrected chi connectivity index (χ3v) is 6.28. The summed E-state index contributed by atoms with van der Waals surface area (Å²) < 4.78 is 1.92. The highest BCUT2D eigenvalue weighted by Gasteiger charge is 2.32. The molecule has 0 aliphatic carbocycles. The van der Waals surface area contributed by atoms with Crippen LogP contribution >= 0.6 is 22.9 Å². The molecule has 0 unspecified atom stereocenters. The summed E-state index contributed by atoms with van der Waals surface area (Å²) >= 11 is 8.25. The zero-order valence-electron chi connectivity index (χ0n) is 17.8. The molecule has 0 radical (unpaired) electrons. The number of nitrogens with zero attached hydrogens (tertiary/aromatic N) is 6. The Morgan fingerprint density at radius 2 is 1.90 bits per heavy atom. The second-order valence-electron chi connectivity index (χ2n) is 8.40. The van der Waals surface area contributed by atoms with Gasteiger partial charge in [0.1, 0.15) is 6.04 Å². The van der Waals surface area contributed by atoms with E-state index in [9.17, 15) is 0 Å². The molecule has 0 aliphatic heterocycles. The Labute approximate surface area is 191 Å². The zero-order chi connectivity index (χ0) is 21.8. The van der Waals surface area contributed by atoms with Crippen molar-refractivity contribution in [1.82, 2.24) is 30.1 Å². The molecule has 160 valence electrons. The molecule has 0 aliphatic rings. The highest BCUT2D eigenvalue weighted by molar-refractivity contribution is 7.10. The Bertz CT molecular complexity index is 1100. The maximum absolute atomic E-state index is 6.55. The van der Waals surface area contributed by atoms with Gasteiger partial charge in [-0.15, -0.1) is 16.4 Å². The average molecular weight is 453 g/mol. The standard InChI is InChI=1S/C23H25ClN6S/c1-23(2,3)30-22(26-27-28-30)21(20-11-7-13-31-20)29(15-17-8-6-12-25-14-17)16-18-9-4-5-10-19(18)24/h4-14,21H,15-16H2,1-3H3/t21-/m0/s1. The van der Waals surface area contributed by atoms with Gasteiger partial charge >= 0.3 is 0 Å². The van der Waals surface area contributed by atoms with Crippen LogP contribution < -0.4 is 0 Å². The fourth-order valence-electron chi connectivity index (χ4n) is 3.57. The number of hydrogen-bond acceptors (Lipinski definition) is 6. The van der Waals surface area contributed by atoms with Crippen LogP contribution in [0.3, 0.4) is 0 Å². The van der Waals surface area contributed by atoms with Gasteiger partial charge in [0.25, 0.3) is 0 Å². The van der Waals surface area contributed by atoms with Crippen molar-refractivity contribution in [3.05, 3.63) is 93.2 Å². The Morgan fingerprint density at radius 3 is 2.58 bits per heavy atom. The van der Waals surface area contributed by atoms with Crippen LogP contribution in [0.5, 0.6) is 0 Å². The Kier molecular flexibility index (Phi) is 6.46. The van der Waals surface area contributed by atoms with Crippen molar-refractivity contribution in [2.24, 2.45) is 0 Å². The van der Waals surface area contributed by atoms with E-state index in [0.717, 1.165) is 22.0 Å². The van der Waals surface area contributed by atoms with Gasteiger partial charge in [0.15, 0.2) is 5.82 Å². The fourth-order valence-corrected chi connectivity index (χ4v) is 4.62. The van der Waals surface area contributed by atoms with Crippen LogP contribution in [0.15, 0.2) is 66.3 Å². The first-order chi connectivity index (χ1) is 14.9. The van der Waals surface area contributed by atoms with Gasteiger partial charge in [0.05, 0.1) is 5.54 Å². The lowest BCUT2D eigenvalue weighted by Gasteiger charge is -2.32. The van der Waals surface area contributed by atoms with Crippen molar-refractivity contribution in [1.29, 1.82) is 0 Å². The molecule has 8 heteroatoms. The molecular formula is C23H25ClN6S. The fraction of sp³-hybridized carbons (Fsp3) is 0.304. The molecule has 1 aromatic carbocycles. The molecular weight excluding hydrogens is 428 g/mol. The number of pyridine rings is 1. The Morgan fingerprint density at radius 1 is 1.06 bits per heavy atom. The Balaban J connectivity index is 1.82. The summed E-state index contributed by atoms with van der Waals surface area (Å²) in [6, 6.07) is 16.1. The molecule has 0 fully saturated rings. The third-order valence-electron chi connectivity index (χ3n) is 4.99. The zero-order valence-corrected chi connectivity index (χ0v) is 19.4. The molecule has 3 aromatic heterocycles. The highest BCUT2D eigenvalue weighted by atomic mass is 35.5. The average Bonchev–Trinajstić information content (AvgIpc) is 3.43. The van der Waals surface area contributed by atoms with Crippen molar-refractivity contribution in [2.75, 3.05) is 0 Å². The summed E-state index contributed by atoms with van der Waals surface area (Å²) in [7, 11) is 0. The minimum Gasteiger partial charge on any atom is -0.280 e. The van der Waals surface area contributed by atoms with Crippen LogP contribution in [0.25, 0.3) is 0 Å². The van der Waals surface area contributed by atoms with Crippen LogP contribution in [0.2, 0.25) is 5.02 Å². The highest BCUT2D eigenvalue weighted by Crippen LogP contribution is 2.35. The number of tetrazole rings is 1. The molecule has 0 saturated heterocycles. The second kappa shape index (κ2) is 9.26. The van der Waals surface area contributed by atoms with Gasteiger partial charge in [0, 0.05) is 35.4 Å². The number of thiophene rings is 1. The van der Waals surface area contributed by atoms with E-state index in [-0.39, 0.29) is 11.6 Å². The van der Waals surface area contributed by atoms with E-state index in [4.69, 9.17) is 11.6 Å². The second-order valence-corrected chi connectivity index (χ2v) is 9.78. The summed E-state index contributed by atoms with van der Waals surface area (Å²) in [6.07, 6.45) is 3.69. The van der Waals surface area contributed by atoms with Crippen molar-refractivity contribution in [3.8, 4) is 0 Å². The molecule has 4 rings (SSSR count). The predicted octanol–water partition coefficient (Wildman–Crippen LogP) is 5.33. The molecule has 0 saturated carbocycles. The van der Waals surface area contributed by atoms with Crippen LogP contribution in [-0.2, 0) is 18.6 Å². The van der Waals surface area contributed by atoms with E-state index in [0.29, 0.717) is 13.1 Å². The van der Waals surface area contributed by atoms with E-state index in [2.05, 4.69) is 75.8 Å². The molecule has 0 N–H and O–H groups in total. The van der Waals surface area contributed by atoms with Gasteiger partial charge in [-0.25, -0.2) is 4.68 Å². The van der Waals surface area contributed by atoms with Crippen molar-refractivity contribution in [3.63, 3.8) is 0 Å². The van der Waals surface area contributed by atoms with Gasteiger partial charge in [-0.1, -0.05) is 41.9 Å². The topological polar surface area (TPSA) is 59.7 Å². The van der Waals surface area contributed by atoms with E-state index in [1.54, 1.807) is 17.5 Å². The van der Waals surface area contributed by atoms with Gasteiger partial charge in [-0.05, 0) is 65.9 Å². The van der Waals surface area contributed by atoms with Crippen molar-refractivity contribution >= 4 is 22.9 Å². The van der Waals surface area contributed by atoms with E-state index in [1.807, 2.05) is 35.1 Å². The summed E-state index contributed by atoms with van der Waals surface area (Å²) in [6.45, 7) is 7.65. The van der Waals surface area contributed by atoms with Crippen LogP contribution in [0.4, 0.5) is 0 Å². The lowest BCUT2D eigenvalue weighted by atomic mass is 10.1. The van der Waals surface area contributed by atoms with Gasteiger partial charge in [-0.3, -0.25) is 9.88 Å². The number of benzene rings is 1. The molecule has 4 aromatic rings. The largest absolute Gasteiger partial charge is 0.280 e. The lowest BCUT2D eigenvalue weighted by molar-refractivity contribution is 0.187. The maximum Gasteiger partial charge on any atom is 0.174 e. The number of halogens is 1. The van der Waals surface area contributed by atoms with Crippen molar-refractivity contribution < 1.29 is 0 Å². The first kappa shape index (κ1) is 21.6. The number of hydrogen-bond donors (Lipinski definition) is 0. The Hall–Kier alpha value is -2.61. The van der Waals surface area contributed by atoms with Gasteiger partial charge < -0.3 is 0 Å². The number of rotatable bonds is 7. The smallest absolute Gasteiger partial charge is 0.174 e. The van der Waals surface area contributed by atoms with E-state index in [1.165, 1.54) is 4.88 Å². The van der Waals surface area contributed by atoms with Crippen LogP contribution in [0, 0.1) is 0 Å². The summed E-state index contributed by atoms with van der Waals surface area (Å²) in [5.41, 5.74) is 1.92. The van der Waals surface area contributed by atoms with E-state index >= 15 is 0 Å². The SMILES string of the molecule is CC(C)(C)n1nnnc1[C@H](c1cccs1)N(Cc1cccnc1)Cc1ccccc1Cl. The molecule has 31 heavy (non-hydrogen) atoms. The minimum atomic E-state index is -0.251. The molecule has 1 atom stereocenters. The lowest BCUT2D eigenvalue weighted by Crippen LogP contribution is -2.34. The van der Waals surface area contributed by atoms with Crippen molar-refractivity contribution in [2.45, 2.75) is 45.4 Å². The van der Waals surface area contributed by atoms with Gasteiger partial charge in [0.2, 0.25) is 0 Å². The molecule has 0 bridgehead atoms. The molecule has 0 spiro atoms. The molecule has 3 heterocycles. The third kappa shape index (κ3) is 5.01. The van der Waals surface area contributed by atoms with E-state index < -0.39 is 0 Å². The van der Waals surface area contributed by atoms with Crippen LogP contribution in [0.1, 0.15) is 48.6 Å². The number of aromatic nitrogens is 5. The molecule has 6 nitrogen and oxygen atoms in total. The van der Waals surface area contributed by atoms with Crippen LogP contribution in [-0.4, -0.2) is 30.1 Å². The summed E-state index contributed by atoms with van der Waals surface area (Å²) in [5.74, 6) is 0.811. The minimum absolute atomic E-state index is 0.134. The first-order valence-electron chi connectivity index (χ1n) is 10.1. The monoisotopic (exact) mass is 452 g/mol. The normalized spacial score (nSPS) is 12.9. The summed E-state index contributed by atoms with van der Waals surface area (Å²) in [5, 5.41) is 15.7. The first-order valence-corrected chi connectivity index (χ1v) is 11.4. The molecule has 0 amide bonds.